The van der Waals surface area contributed by atoms with Crippen molar-refractivity contribution in [3.05, 3.63) is 35.4 Å². The van der Waals surface area contributed by atoms with Crippen LogP contribution in [-0.2, 0) is 6.18 Å². The fourth-order valence-corrected chi connectivity index (χ4v) is 1.67. The van der Waals surface area contributed by atoms with E-state index < -0.39 is 29.0 Å². The predicted molar refractivity (Wildman–Crippen MR) is 54.8 cm³/mol. The van der Waals surface area contributed by atoms with Crippen molar-refractivity contribution < 1.29 is 22.4 Å². The van der Waals surface area contributed by atoms with Crippen molar-refractivity contribution in [1.29, 1.82) is 0 Å². The van der Waals surface area contributed by atoms with Crippen molar-refractivity contribution in [3.63, 3.8) is 0 Å². The Labute approximate surface area is 99.0 Å². The van der Waals surface area contributed by atoms with E-state index >= 15 is 0 Å². The SMILES string of the molecule is CCC(=O)c1c(C(F)(F)F)nn2cc(F)ccc12. The number of ketones is 1. The molecule has 0 amide bonds. The fraction of sp³-hybridized carbons (Fsp3) is 0.273. The number of hydrogen-bond acceptors (Lipinski definition) is 2. The minimum absolute atomic E-state index is 0.0458. The van der Waals surface area contributed by atoms with Crippen LogP contribution >= 0.6 is 0 Å². The number of halogens is 4. The molecule has 0 bridgehead atoms. The zero-order valence-electron chi connectivity index (χ0n) is 9.25. The van der Waals surface area contributed by atoms with E-state index in [1.54, 1.807) is 0 Å². The maximum absolute atomic E-state index is 12.9. The van der Waals surface area contributed by atoms with Gasteiger partial charge in [-0.2, -0.15) is 18.3 Å². The lowest BCUT2D eigenvalue weighted by atomic mass is 10.1. The number of carbonyl (C=O) groups is 1. The quantitative estimate of drug-likeness (QED) is 0.614. The van der Waals surface area contributed by atoms with E-state index in [1.165, 1.54) is 6.92 Å². The first-order valence-corrected chi connectivity index (χ1v) is 5.13. The second-order valence-electron chi connectivity index (χ2n) is 3.68. The average Bonchev–Trinajstić information content (AvgIpc) is 2.66. The highest BCUT2D eigenvalue weighted by Gasteiger charge is 2.39. The van der Waals surface area contributed by atoms with Gasteiger partial charge in [0.25, 0.3) is 0 Å². The Kier molecular flexibility index (Phi) is 2.84. The third-order valence-corrected chi connectivity index (χ3v) is 2.46. The van der Waals surface area contributed by atoms with Crippen LogP contribution in [0.3, 0.4) is 0 Å². The number of Topliss-reactive ketones (excluding diaryl/α,β-unsaturated/α-hetero) is 1. The topological polar surface area (TPSA) is 34.4 Å². The molecule has 0 fully saturated rings. The van der Waals surface area contributed by atoms with Gasteiger partial charge in [0.15, 0.2) is 11.5 Å². The highest BCUT2D eigenvalue weighted by atomic mass is 19.4. The molecule has 96 valence electrons. The number of pyridine rings is 1. The van der Waals surface area contributed by atoms with Gasteiger partial charge in [-0.25, -0.2) is 8.91 Å². The molecule has 0 N–H and O–H groups in total. The lowest BCUT2D eigenvalue weighted by molar-refractivity contribution is -0.141. The maximum atomic E-state index is 12.9. The minimum atomic E-state index is -4.75. The summed E-state index contributed by atoms with van der Waals surface area (Å²) in [7, 11) is 0. The molecule has 0 aliphatic carbocycles. The number of alkyl halides is 3. The fourth-order valence-electron chi connectivity index (χ4n) is 1.67. The summed E-state index contributed by atoms with van der Waals surface area (Å²) in [6, 6.07) is 2.10. The first-order chi connectivity index (χ1) is 8.34. The second-order valence-corrected chi connectivity index (χ2v) is 3.68. The molecule has 0 saturated carbocycles. The molecule has 0 unspecified atom stereocenters. The molecule has 7 heteroatoms. The predicted octanol–water partition coefficient (Wildman–Crippen LogP) is 3.08. The number of hydrogen-bond donors (Lipinski definition) is 0. The highest BCUT2D eigenvalue weighted by molar-refractivity contribution is 6.03. The zero-order chi connectivity index (χ0) is 13.5. The van der Waals surface area contributed by atoms with Gasteiger partial charge in [0.2, 0.25) is 0 Å². The maximum Gasteiger partial charge on any atom is 0.435 e. The largest absolute Gasteiger partial charge is 0.435 e. The van der Waals surface area contributed by atoms with Crippen LogP contribution in [0.1, 0.15) is 29.4 Å². The normalized spacial score (nSPS) is 12.1. The Balaban J connectivity index is 2.80. The Morgan fingerprint density at radius 2 is 2.06 bits per heavy atom. The Bertz CT molecular complexity index is 615. The first-order valence-electron chi connectivity index (χ1n) is 5.13. The average molecular weight is 260 g/mol. The third kappa shape index (κ3) is 1.96. The summed E-state index contributed by atoms with van der Waals surface area (Å²) < 4.78 is 52.0. The molecular weight excluding hydrogens is 252 g/mol. The molecule has 2 aromatic heterocycles. The molecule has 0 spiro atoms. The van der Waals surface area contributed by atoms with Crippen molar-refractivity contribution in [2.45, 2.75) is 19.5 Å². The van der Waals surface area contributed by atoms with Crippen molar-refractivity contribution in [3.8, 4) is 0 Å². The van der Waals surface area contributed by atoms with E-state index in [9.17, 15) is 22.4 Å². The molecule has 0 saturated heterocycles. The van der Waals surface area contributed by atoms with Crippen molar-refractivity contribution in [2.24, 2.45) is 0 Å². The summed E-state index contributed by atoms with van der Waals surface area (Å²) in [6.07, 6.45) is -4.03. The van der Waals surface area contributed by atoms with Gasteiger partial charge in [0.05, 0.1) is 17.3 Å². The van der Waals surface area contributed by atoms with Gasteiger partial charge < -0.3 is 0 Å². The van der Waals surface area contributed by atoms with Gasteiger partial charge >= 0.3 is 6.18 Å². The second kappa shape index (κ2) is 4.08. The van der Waals surface area contributed by atoms with E-state index in [4.69, 9.17) is 0 Å². The van der Waals surface area contributed by atoms with Crippen LogP contribution in [0, 0.1) is 5.82 Å². The van der Waals surface area contributed by atoms with Crippen LogP contribution in [-0.4, -0.2) is 15.4 Å². The van der Waals surface area contributed by atoms with Crippen LogP contribution < -0.4 is 0 Å². The van der Waals surface area contributed by atoms with Crippen LogP contribution in [0.4, 0.5) is 17.6 Å². The lowest BCUT2D eigenvalue weighted by Gasteiger charge is -2.04. The molecule has 0 radical (unpaired) electrons. The Hall–Kier alpha value is -1.92. The number of rotatable bonds is 2. The summed E-state index contributed by atoms with van der Waals surface area (Å²) in [6.45, 7) is 1.45. The molecular formula is C11H8F4N2O. The Morgan fingerprint density at radius 3 is 2.61 bits per heavy atom. The van der Waals surface area contributed by atoms with Crippen molar-refractivity contribution in [1.82, 2.24) is 9.61 Å². The van der Waals surface area contributed by atoms with E-state index in [0.29, 0.717) is 0 Å². The van der Waals surface area contributed by atoms with E-state index in [1.807, 2.05) is 0 Å². The van der Waals surface area contributed by atoms with Crippen molar-refractivity contribution in [2.75, 3.05) is 0 Å². The van der Waals surface area contributed by atoms with Gasteiger partial charge in [0, 0.05) is 6.42 Å². The molecule has 0 aliphatic rings. The van der Waals surface area contributed by atoms with Crippen LogP contribution in [0.15, 0.2) is 18.3 Å². The molecule has 0 aliphatic heterocycles. The molecule has 2 aromatic rings. The molecule has 2 heterocycles. The van der Waals surface area contributed by atoms with Gasteiger partial charge in [-0.1, -0.05) is 6.92 Å². The Morgan fingerprint density at radius 1 is 1.39 bits per heavy atom. The number of carbonyl (C=O) groups excluding carboxylic acids is 1. The smallest absolute Gasteiger partial charge is 0.294 e. The van der Waals surface area contributed by atoms with Crippen LogP contribution in [0.25, 0.3) is 5.52 Å². The standard InChI is InChI=1S/C11H8F4N2O/c1-2-8(18)9-7-4-3-6(12)5-17(7)16-10(9)11(13,14)15/h3-5H,2H2,1H3. The van der Waals surface area contributed by atoms with Crippen LogP contribution in [0.5, 0.6) is 0 Å². The zero-order valence-corrected chi connectivity index (χ0v) is 9.25. The number of fused-ring (bicyclic) bond motifs is 1. The van der Waals surface area contributed by atoms with Crippen molar-refractivity contribution >= 4 is 11.3 Å². The van der Waals surface area contributed by atoms with Gasteiger partial charge in [0.1, 0.15) is 5.82 Å². The van der Waals surface area contributed by atoms with Crippen LogP contribution in [0.2, 0.25) is 0 Å². The van der Waals surface area contributed by atoms with Gasteiger partial charge in [-0.05, 0) is 12.1 Å². The molecule has 0 aromatic carbocycles. The van der Waals surface area contributed by atoms with E-state index in [2.05, 4.69) is 5.10 Å². The summed E-state index contributed by atoms with van der Waals surface area (Å²) >= 11 is 0. The molecule has 3 nitrogen and oxygen atoms in total. The van der Waals surface area contributed by atoms with Gasteiger partial charge in [-0.3, -0.25) is 4.79 Å². The van der Waals surface area contributed by atoms with E-state index in [-0.39, 0.29) is 11.9 Å². The highest BCUT2D eigenvalue weighted by Crippen LogP contribution is 2.33. The number of nitrogens with zero attached hydrogens (tertiary/aromatic N) is 2. The van der Waals surface area contributed by atoms with Gasteiger partial charge in [-0.15, -0.1) is 0 Å². The monoisotopic (exact) mass is 260 g/mol. The summed E-state index contributed by atoms with van der Waals surface area (Å²) in [5.74, 6) is -1.40. The molecule has 18 heavy (non-hydrogen) atoms. The summed E-state index contributed by atoms with van der Waals surface area (Å²) in [5, 5.41) is 3.24. The molecule has 2 rings (SSSR count). The third-order valence-electron chi connectivity index (χ3n) is 2.46. The minimum Gasteiger partial charge on any atom is -0.294 e. The first kappa shape index (κ1) is 12.5. The van der Waals surface area contributed by atoms with E-state index in [0.717, 1.165) is 22.8 Å². The summed E-state index contributed by atoms with van der Waals surface area (Å²) in [4.78, 5) is 11.6. The molecule has 0 atom stereocenters. The number of aromatic nitrogens is 2. The summed E-state index contributed by atoms with van der Waals surface area (Å²) in [5.41, 5.74) is -1.83. The lowest BCUT2D eigenvalue weighted by Crippen LogP contribution is -2.12.